The number of halogens is 1. The second-order valence-corrected chi connectivity index (χ2v) is 15.6. The van der Waals surface area contributed by atoms with Crippen molar-refractivity contribution in [3.63, 3.8) is 0 Å². The lowest BCUT2D eigenvalue weighted by Gasteiger charge is -2.40. The molecule has 0 spiro atoms. The highest BCUT2D eigenvalue weighted by atomic mass is 35.5. The van der Waals surface area contributed by atoms with Crippen LogP contribution >= 0.6 is 30.8 Å². The highest BCUT2D eigenvalue weighted by Crippen LogP contribution is 2.68. The van der Waals surface area contributed by atoms with E-state index >= 15 is 0 Å². The molecule has 0 unspecified atom stereocenters. The van der Waals surface area contributed by atoms with Crippen molar-refractivity contribution in [3.8, 4) is 0 Å². The van der Waals surface area contributed by atoms with Crippen LogP contribution in [0.1, 0.15) is 20.8 Å². The van der Waals surface area contributed by atoms with Crippen LogP contribution in [0.5, 0.6) is 0 Å². The molecule has 1 aliphatic rings. The van der Waals surface area contributed by atoms with Crippen LogP contribution in [0.15, 0.2) is 91.0 Å². The largest absolute Gasteiger partial charge is 1.00 e. The molecule has 0 atom stereocenters. The van der Waals surface area contributed by atoms with Gasteiger partial charge in [-0.3, -0.25) is 0 Å². The summed E-state index contributed by atoms with van der Waals surface area (Å²) in [6, 6.07) is 33.9. The van der Waals surface area contributed by atoms with E-state index in [2.05, 4.69) is 135 Å². The van der Waals surface area contributed by atoms with Gasteiger partial charge in [-0.1, -0.05) is 75.4 Å². The third-order valence-electron chi connectivity index (χ3n) is 5.91. The number of hydrogen-bond acceptors (Lipinski definition) is 2. The molecule has 0 aliphatic carbocycles. The molecular formula is C26H30ClPS2. The molecule has 1 heterocycles. The van der Waals surface area contributed by atoms with Crippen LogP contribution in [0.2, 0.25) is 0 Å². The Morgan fingerprint density at radius 3 is 1.27 bits per heavy atom. The number of rotatable bonds is 4. The first-order chi connectivity index (χ1) is 14.0. The number of hydrogen-bond donors (Lipinski definition) is 0. The van der Waals surface area contributed by atoms with Gasteiger partial charge in [-0.05, 0) is 47.7 Å². The second-order valence-electron chi connectivity index (χ2n) is 8.77. The Hall–Kier alpha value is -0.920. The van der Waals surface area contributed by atoms with E-state index < -0.39 is 7.26 Å². The van der Waals surface area contributed by atoms with Gasteiger partial charge in [0.05, 0.1) is 0 Å². The summed E-state index contributed by atoms with van der Waals surface area (Å²) >= 11 is 4.40. The molecule has 0 aromatic heterocycles. The Labute approximate surface area is 197 Å². The summed E-state index contributed by atoms with van der Waals surface area (Å²) in [5.41, 5.74) is 0.373. The lowest BCUT2D eigenvalue weighted by atomic mass is 9.83. The lowest BCUT2D eigenvalue weighted by Crippen LogP contribution is -3.00. The Balaban J connectivity index is 0.00000256. The first-order valence-corrected chi connectivity index (χ1v) is 14.3. The van der Waals surface area contributed by atoms with E-state index in [1.807, 2.05) is 0 Å². The molecule has 0 amide bonds. The van der Waals surface area contributed by atoms with Gasteiger partial charge in [0.1, 0.15) is 23.2 Å². The fourth-order valence-corrected chi connectivity index (χ4v) is 15.1. The molecule has 0 bridgehead atoms. The Morgan fingerprint density at radius 1 is 0.633 bits per heavy atom. The first kappa shape index (κ1) is 23.7. The van der Waals surface area contributed by atoms with Gasteiger partial charge in [0.25, 0.3) is 0 Å². The molecule has 0 N–H and O–H groups in total. The standard InChI is InChI=1S/C26H30PS2.ClH/c1-26(2,3)21-19-28-25(29-20-21)27(22-13-7-4-8-14-22,23-15-9-5-10-16-23)24-17-11-6-12-18-24;/h4-18,21,25H,19-20H2,1-3H3;1H/q+1;/p-1. The van der Waals surface area contributed by atoms with Gasteiger partial charge < -0.3 is 12.4 Å². The summed E-state index contributed by atoms with van der Waals surface area (Å²) in [6.45, 7) is 7.19. The van der Waals surface area contributed by atoms with Gasteiger partial charge in [0.15, 0.2) is 4.32 Å². The van der Waals surface area contributed by atoms with Gasteiger partial charge in [0, 0.05) is 11.5 Å². The molecule has 4 rings (SSSR count). The van der Waals surface area contributed by atoms with Crippen molar-refractivity contribution in [3.05, 3.63) is 91.0 Å². The van der Waals surface area contributed by atoms with Crippen molar-refractivity contribution in [2.24, 2.45) is 11.3 Å². The minimum Gasteiger partial charge on any atom is -1.00 e. The van der Waals surface area contributed by atoms with E-state index in [1.54, 1.807) is 0 Å². The Kier molecular flexibility index (Phi) is 8.02. The third kappa shape index (κ3) is 4.63. The van der Waals surface area contributed by atoms with Crippen molar-refractivity contribution in [2.45, 2.75) is 25.1 Å². The molecule has 3 aromatic rings. The summed E-state index contributed by atoms with van der Waals surface area (Å²) in [7, 11) is -1.78. The van der Waals surface area contributed by atoms with Crippen molar-refractivity contribution in [1.29, 1.82) is 0 Å². The van der Waals surface area contributed by atoms with E-state index in [9.17, 15) is 0 Å². The van der Waals surface area contributed by atoms with E-state index in [0.29, 0.717) is 9.74 Å². The molecule has 158 valence electrons. The molecule has 1 saturated heterocycles. The minimum absolute atomic E-state index is 0. The van der Waals surface area contributed by atoms with Crippen LogP contribution in [0.4, 0.5) is 0 Å². The predicted molar refractivity (Wildman–Crippen MR) is 137 cm³/mol. The molecule has 1 aliphatic heterocycles. The van der Waals surface area contributed by atoms with Crippen LogP contribution in [0.25, 0.3) is 0 Å². The smallest absolute Gasteiger partial charge is 0.174 e. The van der Waals surface area contributed by atoms with E-state index in [0.717, 1.165) is 5.92 Å². The molecule has 0 radical (unpaired) electrons. The summed E-state index contributed by atoms with van der Waals surface area (Å²) < 4.78 is 0.549. The zero-order chi connectivity index (χ0) is 20.3. The highest BCUT2D eigenvalue weighted by molar-refractivity contribution is 8.30. The van der Waals surface area contributed by atoms with Crippen LogP contribution in [-0.2, 0) is 0 Å². The summed E-state index contributed by atoms with van der Waals surface area (Å²) in [5.74, 6) is 3.25. The number of thioether (sulfide) groups is 2. The topological polar surface area (TPSA) is 0 Å². The number of benzene rings is 3. The summed E-state index contributed by atoms with van der Waals surface area (Å²) in [4.78, 5) is 0. The molecule has 3 aromatic carbocycles. The Morgan fingerprint density at radius 2 is 0.967 bits per heavy atom. The van der Waals surface area contributed by atoms with E-state index in [1.165, 1.54) is 27.4 Å². The summed E-state index contributed by atoms with van der Waals surface area (Å²) in [5, 5.41) is 4.49. The molecule has 4 heteroatoms. The van der Waals surface area contributed by atoms with E-state index in [-0.39, 0.29) is 12.4 Å². The van der Waals surface area contributed by atoms with Crippen molar-refractivity contribution in [2.75, 3.05) is 11.5 Å². The van der Waals surface area contributed by atoms with Gasteiger partial charge in [-0.2, -0.15) is 0 Å². The molecular weight excluding hydrogens is 443 g/mol. The third-order valence-corrected chi connectivity index (χ3v) is 15.3. The van der Waals surface area contributed by atoms with Crippen molar-refractivity contribution >= 4 is 46.7 Å². The maximum atomic E-state index is 2.40. The predicted octanol–water partition coefficient (Wildman–Crippen LogP) is 3.41. The lowest BCUT2D eigenvalue weighted by molar-refractivity contribution is -0.00000611. The fraction of sp³-hybridized carbons (Fsp3) is 0.308. The normalized spacial score (nSPS) is 19.7. The van der Waals surface area contributed by atoms with Crippen LogP contribution in [-0.4, -0.2) is 15.8 Å². The fourth-order valence-electron chi connectivity index (χ4n) is 4.02. The second kappa shape index (κ2) is 10.1. The average molecular weight is 473 g/mol. The van der Waals surface area contributed by atoms with Crippen molar-refractivity contribution < 1.29 is 12.4 Å². The Bertz CT molecular complexity index is 805. The van der Waals surface area contributed by atoms with Crippen molar-refractivity contribution in [1.82, 2.24) is 0 Å². The van der Waals surface area contributed by atoms with Crippen LogP contribution in [0, 0.1) is 11.3 Å². The zero-order valence-corrected chi connectivity index (χ0v) is 21.2. The molecule has 30 heavy (non-hydrogen) atoms. The minimum atomic E-state index is -1.78. The van der Waals surface area contributed by atoms with Gasteiger partial charge >= 0.3 is 0 Å². The van der Waals surface area contributed by atoms with Crippen LogP contribution < -0.4 is 28.3 Å². The van der Waals surface area contributed by atoms with Gasteiger partial charge in [0.2, 0.25) is 0 Å². The maximum Gasteiger partial charge on any atom is 0.174 e. The van der Waals surface area contributed by atoms with Crippen LogP contribution in [0.3, 0.4) is 0 Å². The highest BCUT2D eigenvalue weighted by Gasteiger charge is 2.54. The van der Waals surface area contributed by atoms with Gasteiger partial charge in [-0.25, -0.2) is 0 Å². The molecule has 0 saturated carbocycles. The first-order valence-electron chi connectivity index (χ1n) is 10.3. The maximum absolute atomic E-state index is 2.40. The quantitative estimate of drug-likeness (QED) is 0.534. The van der Waals surface area contributed by atoms with Gasteiger partial charge in [-0.15, -0.1) is 23.5 Å². The summed E-state index contributed by atoms with van der Waals surface area (Å²) in [6.07, 6.45) is 0. The average Bonchev–Trinajstić information content (AvgIpc) is 2.76. The monoisotopic (exact) mass is 472 g/mol. The molecule has 1 fully saturated rings. The molecule has 0 nitrogen and oxygen atoms in total. The zero-order valence-electron chi connectivity index (χ0n) is 17.9. The SMILES string of the molecule is CC(C)(C)C1CSC([P+](c2ccccc2)(c2ccccc2)c2ccccc2)SC1.[Cl-]. The van der Waals surface area contributed by atoms with E-state index in [4.69, 9.17) is 0 Å².